The van der Waals surface area contributed by atoms with Gasteiger partial charge >= 0.3 is 0 Å². The molecule has 0 aliphatic heterocycles. The van der Waals surface area contributed by atoms with E-state index in [1.165, 1.54) is 12.1 Å². The molecule has 0 spiro atoms. The van der Waals surface area contributed by atoms with Crippen molar-refractivity contribution < 1.29 is 13.5 Å². The van der Waals surface area contributed by atoms with Crippen molar-refractivity contribution in [2.45, 2.75) is 18.7 Å². The summed E-state index contributed by atoms with van der Waals surface area (Å²) in [5.41, 5.74) is 2.22. The average molecular weight is 356 g/mol. The number of aryl methyl sites for hydroxylation is 2. The summed E-state index contributed by atoms with van der Waals surface area (Å²) < 4.78 is 27.7. The minimum atomic E-state index is -3.71. The van der Waals surface area contributed by atoms with E-state index in [1.54, 1.807) is 24.3 Å². The van der Waals surface area contributed by atoms with Gasteiger partial charge in [0.25, 0.3) is 10.0 Å². The number of anilines is 1. The second-order valence-corrected chi connectivity index (χ2v) is 7.03. The number of sulfonamides is 1. The van der Waals surface area contributed by atoms with E-state index in [9.17, 15) is 13.5 Å². The summed E-state index contributed by atoms with van der Waals surface area (Å²) in [5, 5.41) is 9.37. The number of aromatic hydroxyl groups is 1. The van der Waals surface area contributed by atoms with Crippen molar-refractivity contribution in [3.63, 3.8) is 0 Å². The molecule has 0 aliphatic rings. The fourth-order valence-corrected chi connectivity index (χ4v) is 4.03. The van der Waals surface area contributed by atoms with E-state index < -0.39 is 10.0 Å². The zero-order chi connectivity index (χ0) is 14.9. The third-order valence-electron chi connectivity index (χ3n) is 2.94. The molecular formula is C14H14BrNO3S. The molecule has 0 atom stereocenters. The van der Waals surface area contributed by atoms with E-state index in [-0.39, 0.29) is 10.6 Å². The summed E-state index contributed by atoms with van der Waals surface area (Å²) in [6.07, 6.45) is 0. The Morgan fingerprint density at radius 2 is 1.75 bits per heavy atom. The number of halogens is 1. The normalized spacial score (nSPS) is 11.3. The summed E-state index contributed by atoms with van der Waals surface area (Å²) in [6, 6.07) is 9.36. The quantitative estimate of drug-likeness (QED) is 0.884. The van der Waals surface area contributed by atoms with Crippen molar-refractivity contribution in [2.75, 3.05) is 4.72 Å². The second-order valence-electron chi connectivity index (χ2n) is 4.52. The standard InChI is InChI=1S/C14H14BrNO3S/c1-9-6-13(15)14(7-10(9)2)20(18,19)16-11-4-3-5-12(17)8-11/h3-8,16-17H,1-2H3. The van der Waals surface area contributed by atoms with Crippen LogP contribution in [-0.2, 0) is 10.0 Å². The zero-order valence-electron chi connectivity index (χ0n) is 11.0. The van der Waals surface area contributed by atoms with Gasteiger partial charge in [0.1, 0.15) is 10.6 Å². The van der Waals surface area contributed by atoms with Crippen molar-refractivity contribution in [3.8, 4) is 5.75 Å². The predicted octanol–water partition coefficient (Wildman–Crippen LogP) is 3.57. The highest BCUT2D eigenvalue weighted by Crippen LogP contribution is 2.28. The Morgan fingerprint density at radius 1 is 1.10 bits per heavy atom. The van der Waals surface area contributed by atoms with Crippen LogP contribution in [0, 0.1) is 13.8 Å². The molecule has 6 heteroatoms. The molecule has 106 valence electrons. The molecule has 0 unspecified atom stereocenters. The number of hydrogen-bond acceptors (Lipinski definition) is 3. The number of rotatable bonds is 3. The molecule has 2 rings (SSSR count). The first-order valence-electron chi connectivity index (χ1n) is 5.88. The van der Waals surface area contributed by atoms with Gasteiger partial charge in [-0.2, -0.15) is 0 Å². The maximum Gasteiger partial charge on any atom is 0.263 e. The van der Waals surface area contributed by atoms with E-state index in [2.05, 4.69) is 20.7 Å². The summed E-state index contributed by atoms with van der Waals surface area (Å²) in [4.78, 5) is 0.170. The van der Waals surface area contributed by atoms with Gasteiger partial charge in [-0.15, -0.1) is 0 Å². The van der Waals surface area contributed by atoms with Crippen LogP contribution in [0.3, 0.4) is 0 Å². The highest BCUT2D eigenvalue weighted by atomic mass is 79.9. The van der Waals surface area contributed by atoms with Gasteiger partial charge in [-0.25, -0.2) is 8.42 Å². The van der Waals surface area contributed by atoms with E-state index in [4.69, 9.17) is 0 Å². The molecule has 0 saturated carbocycles. The van der Waals surface area contributed by atoms with Crippen molar-refractivity contribution in [3.05, 3.63) is 52.0 Å². The topological polar surface area (TPSA) is 66.4 Å². The maximum atomic E-state index is 12.4. The molecule has 2 aromatic carbocycles. The lowest BCUT2D eigenvalue weighted by Gasteiger charge is -2.12. The Morgan fingerprint density at radius 3 is 2.40 bits per heavy atom. The van der Waals surface area contributed by atoms with Gasteiger partial charge < -0.3 is 5.11 Å². The van der Waals surface area contributed by atoms with Crippen LogP contribution in [0.1, 0.15) is 11.1 Å². The SMILES string of the molecule is Cc1cc(Br)c(S(=O)(=O)Nc2cccc(O)c2)cc1C. The third kappa shape index (κ3) is 3.13. The molecular weight excluding hydrogens is 342 g/mol. The number of benzene rings is 2. The first-order valence-corrected chi connectivity index (χ1v) is 8.16. The van der Waals surface area contributed by atoms with Gasteiger partial charge in [-0.05, 0) is 65.2 Å². The number of phenolic OH excluding ortho intramolecular Hbond substituents is 1. The summed E-state index contributed by atoms with van der Waals surface area (Å²) in [5.74, 6) is 0.00403. The summed E-state index contributed by atoms with van der Waals surface area (Å²) >= 11 is 3.28. The lowest BCUT2D eigenvalue weighted by molar-refractivity contribution is 0.475. The summed E-state index contributed by atoms with van der Waals surface area (Å²) in [7, 11) is -3.71. The fourth-order valence-electron chi connectivity index (χ4n) is 1.74. The molecule has 0 saturated heterocycles. The fraction of sp³-hybridized carbons (Fsp3) is 0.143. The molecule has 0 bridgehead atoms. The smallest absolute Gasteiger partial charge is 0.263 e. The minimum Gasteiger partial charge on any atom is -0.508 e. The molecule has 0 heterocycles. The first kappa shape index (κ1) is 14.9. The number of hydrogen-bond donors (Lipinski definition) is 2. The monoisotopic (exact) mass is 355 g/mol. The molecule has 4 nitrogen and oxygen atoms in total. The van der Waals surface area contributed by atoms with Gasteiger partial charge in [-0.1, -0.05) is 6.07 Å². The Labute approximate surface area is 126 Å². The highest BCUT2D eigenvalue weighted by Gasteiger charge is 2.19. The number of nitrogens with one attached hydrogen (secondary N) is 1. The highest BCUT2D eigenvalue weighted by molar-refractivity contribution is 9.10. The van der Waals surface area contributed by atoms with Gasteiger partial charge in [0.05, 0.1) is 5.69 Å². The predicted molar refractivity (Wildman–Crippen MR) is 82.5 cm³/mol. The largest absolute Gasteiger partial charge is 0.508 e. The van der Waals surface area contributed by atoms with Crippen molar-refractivity contribution in [2.24, 2.45) is 0 Å². The lowest BCUT2D eigenvalue weighted by atomic mass is 10.1. The maximum absolute atomic E-state index is 12.4. The van der Waals surface area contributed by atoms with Crippen molar-refractivity contribution >= 4 is 31.6 Å². The van der Waals surface area contributed by atoms with E-state index >= 15 is 0 Å². The van der Waals surface area contributed by atoms with Crippen LogP contribution in [0.15, 0.2) is 45.8 Å². The summed E-state index contributed by atoms with van der Waals surface area (Å²) in [6.45, 7) is 3.77. The second kappa shape index (κ2) is 5.46. The molecule has 0 radical (unpaired) electrons. The Balaban J connectivity index is 2.43. The first-order chi connectivity index (χ1) is 9.29. The van der Waals surface area contributed by atoms with Crippen LogP contribution < -0.4 is 4.72 Å². The van der Waals surface area contributed by atoms with Gasteiger partial charge in [0, 0.05) is 10.5 Å². The molecule has 2 N–H and O–H groups in total. The molecule has 0 amide bonds. The van der Waals surface area contributed by atoms with Crippen molar-refractivity contribution in [1.82, 2.24) is 0 Å². The van der Waals surface area contributed by atoms with Crippen LogP contribution in [-0.4, -0.2) is 13.5 Å². The van der Waals surface area contributed by atoms with Crippen LogP contribution in [0.4, 0.5) is 5.69 Å². The van der Waals surface area contributed by atoms with Gasteiger partial charge in [-0.3, -0.25) is 4.72 Å². The zero-order valence-corrected chi connectivity index (χ0v) is 13.4. The van der Waals surface area contributed by atoms with E-state index in [0.717, 1.165) is 11.1 Å². The van der Waals surface area contributed by atoms with Gasteiger partial charge in [0.2, 0.25) is 0 Å². The van der Waals surface area contributed by atoms with Crippen LogP contribution in [0.25, 0.3) is 0 Å². The van der Waals surface area contributed by atoms with Crippen LogP contribution in [0.5, 0.6) is 5.75 Å². The molecule has 0 aromatic heterocycles. The average Bonchev–Trinajstić information content (AvgIpc) is 2.33. The molecule has 0 fully saturated rings. The minimum absolute atomic E-state index is 0.00403. The third-order valence-corrected chi connectivity index (χ3v) is 5.28. The van der Waals surface area contributed by atoms with E-state index in [0.29, 0.717) is 10.2 Å². The number of phenols is 1. The van der Waals surface area contributed by atoms with E-state index in [1.807, 2.05) is 13.8 Å². The molecule has 20 heavy (non-hydrogen) atoms. The Bertz CT molecular complexity index is 757. The van der Waals surface area contributed by atoms with Gasteiger partial charge in [0.15, 0.2) is 0 Å². The molecule has 0 aliphatic carbocycles. The molecule has 2 aromatic rings. The van der Waals surface area contributed by atoms with Crippen LogP contribution in [0.2, 0.25) is 0 Å². The Kier molecular flexibility index (Phi) is 4.06. The lowest BCUT2D eigenvalue weighted by Crippen LogP contribution is -2.14. The van der Waals surface area contributed by atoms with Crippen LogP contribution >= 0.6 is 15.9 Å². The Hall–Kier alpha value is -1.53. The van der Waals surface area contributed by atoms with Crippen molar-refractivity contribution in [1.29, 1.82) is 0 Å².